The lowest BCUT2D eigenvalue weighted by Gasteiger charge is -2.10. The highest BCUT2D eigenvalue weighted by Crippen LogP contribution is 2.22. The lowest BCUT2D eigenvalue weighted by Crippen LogP contribution is -2.17. The number of nitrogens with zero attached hydrogens (tertiary/aromatic N) is 2. The van der Waals surface area contributed by atoms with E-state index >= 15 is 0 Å². The molecule has 3 aromatic rings. The molecule has 0 bridgehead atoms. The number of aromatic nitrogens is 2. The van der Waals surface area contributed by atoms with E-state index in [-0.39, 0.29) is 12.5 Å². The molecule has 0 aliphatic carbocycles. The Bertz CT molecular complexity index is 874. The fourth-order valence-electron chi connectivity index (χ4n) is 2.16. The van der Waals surface area contributed by atoms with Crippen LogP contribution in [0.3, 0.4) is 0 Å². The first-order valence-electron chi connectivity index (χ1n) is 7.92. The summed E-state index contributed by atoms with van der Waals surface area (Å²) in [5.74, 6) is 0.448. The number of ether oxygens (including phenoxy) is 2. The molecular formula is C19H16N2O5. The Kier molecular flexibility index (Phi) is 5.38. The van der Waals surface area contributed by atoms with Crippen LogP contribution in [-0.2, 0) is 9.53 Å². The number of rotatable bonds is 7. The minimum Gasteiger partial charge on any atom is -0.482 e. The quantitative estimate of drug-likeness (QED) is 0.476. The van der Waals surface area contributed by atoms with Gasteiger partial charge in [0.25, 0.3) is 5.89 Å². The Labute approximate surface area is 149 Å². The Morgan fingerprint density at radius 2 is 1.85 bits per heavy atom. The zero-order chi connectivity index (χ0) is 18.4. The summed E-state index contributed by atoms with van der Waals surface area (Å²) >= 11 is 0. The summed E-state index contributed by atoms with van der Waals surface area (Å²) in [5, 5.41) is 7.87. The highest BCUT2D eigenvalue weighted by Gasteiger charge is 2.19. The molecule has 26 heavy (non-hydrogen) atoms. The molecule has 0 saturated heterocycles. The van der Waals surface area contributed by atoms with Gasteiger partial charge in [-0.15, -0.1) is 10.2 Å². The van der Waals surface area contributed by atoms with Gasteiger partial charge < -0.3 is 13.9 Å². The average Bonchev–Trinajstić information content (AvgIpc) is 3.18. The van der Waals surface area contributed by atoms with Crippen molar-refractivity contribution in [1.82, 2.24) is 10.2 Å². The molecule has 1 heterocycles. The third kappa shape index (κ3) is 4.32. The SMILES string of the molecule is C[C@H](OC(=O)COc1ccc(C=O)cc1)c1nnc(-c2ccccc2)o1. The van der Waals surface area contributed by atoms with E-state index in [1.165, 1.54) is 0 Å². The number of aldehydes is 1. The zero-order valence-corrected chi connectivity index (χ0v) is 14.0. The molecule has 7 heteroatoms. The topological polar surface area (TPSA) is 91.5 Å². The fourth-order valence-corrected chi connectivity index (χ4v) is 2.16. The third-order valence-corrected chi connectivity index (χ3v) is 3.49. The van der Waals surface area contributed by atoms with Crippen molar-refractivity contribution < 1.29 is 23.5 Å². The van der Waals surface area contributed by atoms with Gasteiger partial charge >= 0.3 is 5.97 Å². The zero-order valence-electron chi connectivity index (χ0n) is 14.0. The third-order valence-electron chi connectivity index (χ3n) is 3.49. The molecule has 0 saturated carbocycles. The van der Waals surface area contributed by atoms with E-state index in [1.807, 2.05) is 30.3 Å². The predicted octanol–water partition coefficient (Wildman–Crippen LogP) is 3.23. The van der Waals surface area contributed by atoms with E-state index in [2.05, 4.69) is 10.2 Å². The van der Waals surface area contributed by atoms with Crippen molar-refractivity contribution in [3.63, 3.8) is 0 Å². The molecule has 0 N–H and O–H groups in total. The predicted molar refractivity (Wildman–Crippen MR) is 91.6 cm³/mol. The van der Waals surface area contributed by atoms with Gasteiger partial charge in [0.2, 0.25) is 5.89 Å². The Morgan fingerprint density at radius 1 is 1.12 bits per heavy atom. The first-order chi connectivity index (χ1) is 12.7. The van der Waals surface area contributed by atoms with Gasteiger partial charge in [-0.05, 0) is 43.3 Å². The molecule has 0 spiro atoms. The van der Waals surface area contributed by atoms with Gasteiger partial charge in [-0.1, -0.05) is 18.2 Å². The Morgan fingerprint density at radius 3 is 2.54 bits per heavy atom. The Balaban J connectivity index is 1.54. The lowest BCUT2D eigenvalue weighted by atomic mass is 10.2. The van der Waals surface area contributed by atoms with Gasteiger partial charge in [0.05, 0.1) is 0 Å². The maximum atomic E-state index is 11.9. The van der Waals surface area contributed by atoms with Gasteiger partial charge in [-0.25, -0.2) is 4.79 Å². The maximum absolute atomic E-state index is 11.9. The molecule has 0 radical (unpaired) electrons. The van der Waals surface area contributed by atoms with Crippen LogP contribution < -0.4 is 4.74 Å². The number of hydrogen-bond donors (Lipinski definition) is 0. The second kappa shape index (κ2) is 8.06. The number of esters is 1. The van der Waals surface area contributed by atoms with E-state index in [0.29, 0.717) is 17.2 Å². The molecule has 0 unspecified atom stereocenters. The van der Waals surface area contributed by atoms with Crippen LogP contribution in [0.5, 0.6) is 5.75 Å². The summed E-state index contributed by atoms with van der Waals surface area (Å²) in [6.07, 6.45) is 0.0295. The van der Waals surface area contributed by atoms with Crippen LogP contribution in [-0.4, -0.2) is 29.1 Å². The van der Waals surface area contributed by atoms with E-state index in [9.17, 15) is 9.59 Å². The summed E-state index contributed by atoms with van der Waals surface area (Å²) in [6, 6.07) is 15.7. The number of benzene rings is 2. The molecule has 0 aliphatic heterocycles. The van der Waals surface area contributed by atoms with E-state index in [0.717, 1.165) is 11.8 Å². The highest BCUT2D eigenvalue weighted by molar-refractivity contribution is 5.75. The molecule has 0 amide bonds. The molecule has 1 aromatic heterocycles. The first-order valence-corrected chi connectivity index (χ1v) is 7.92. The summed E-state index contributed by atoms with van der Waals surface area (Å²) < 4.78 is 16.1. The van der Waals surface area contributed by atoms with Crippen molar-refractivity contribution in [2.24, 2.45) is 0 Å². The summed E-state index contributed by atoms with van der Waals surface area (Å²) in [6.45, 7) is 1.36. The standard InChI is InChI=1S/C19H16N2O5/c1-13(18-20-21-19(26-18)15-5-3-2-4-6-15)25-17(23)12-24-16-9-7-14(11-22)8-10-16/h2-11,13H,12H2,1H3/t13-/m0/s1. The molecule has 0 fully saturated rings. The molecule has 2 aromatic carbocycles. The van der Waals surface area contributed by atoms with Crippen LogP contribution in [0.15, 0.2) is 59.0 Å². The van der Waals surface area contributed by atoms with Crippen LogP contribution in [0, 0.1) is 0 Å². The Hall–Kier alpha value is -3.48. The van der Waals surface area contributed by atoms with Gasteiger partial charge in [0.15, 0.2) is 12.7 Å². The van der Waals surface area contributed by atoms with Crippen molar-refractivity contribution in [3.05, 3.63) is 66.1 Å². The van der Waals surface area contributed by atoms with Gasteiger partial charge in [0, 0.05) is 11.1 Å². The second-order valence-corrected chi connectivity index (χ2v) is 5.42. The molecule has 1 atom stereocenters. The van der Waals surface area contributed by atoms with Crippen molar-refractivity contribution in [2.45, 2.75) is 13.0 Å². The highest BCUT2D eigenvalue weighted by atomic mass is 16.6. The minimum atomic E-state index is -0.700. The summed E-state index contributed by atoms with van der Waals surface area (Å²) in [4.78, 5) is 22.5. The van der Waals surface area contributed by atoms with Gasteiger partial charge in [0.1, 0.15) is 12.0 Å². The van der Waals surface area contributed by atoms with E-state index in [1.54, 1.807) is 31.2 Å². The first kappa shape index (κ1) is 17.3. The molecule has 7 nitrogen and oxygen atoms in total. The van der Waals surface area contributed by atoms with Crippen LogP contribution in [0.1, 0.15) is 29.3 Å². The summed E-state index contributed by atoms with van der Waals surface area (Å²) in [5.41, 5.74) is 1.31. The van der Waals surface area contributed by atoms with Crippen LogP contribution in [0.25, 0.3) is 11.5 Å². The smallest absolute Gasteiger partial charge is 0.344 e. The van der Waals surface area contributed by atoms with E-state index < -0.39 is 12.1 Å². The van der Waals surface area contributed by atoms with Crippen LogP contribution >= 0.6 is 0 Å². The number of carbonyl (C=O) groups is 2. The monoisotopic (exact) mass is 352 g/mol. The van der Waals surface area contributed by atoms with Crippen molar-refractivity contribution in [3.8, 4) is 17.2 Å². The van der Waals surface area contributed by atoms with Crippen molar-refractivity contribution in [1.29, 1.82) is 0 Å². The number of carbonyl (C=O) groups excluding carboxylic acids is 2. The molecule has 3 rings (SSSR count). The van der Waals surface area contributed by atoms with Gasteiger partial charge in [-0.3, -0.25) is 4.79 Å². The van der Waals surface area contributed by atoms with Crippen molar-refractivity contribution >= 4 is 12.3 Å². The van der Waals surface area contributed by atoms with Gasteiger partial charge in [-0.2, -0.15) is 0 Å². The molecule has 0 aliphatic rings. The second-order valence-electron chi connectivity index (χ2n) is 5.42. The molecule has 132 valence electrons. The van der Waals surface area contributed by atoms with E-state index in [4.69, 9.17) is 13.9 Å². The lowest BCUT2D eigenvalue weighted by molar-refractivity contribution is -0.152. The van der Waals surface area contributed by atoms with Crippen LogP contribution in [0.4, 0.5) is 0 Å². The van der Waals surface area contributed by atoms with Crippen LogP contribution in [0.2, 0.25) is 0 Å². The minimum absolute atomic E-state index is 0.201. The largest absolute Gasteiger partial charge is 0.482 e. The molecular weight excluding hydrogens is 336 g/mol. The normalized spacial score (nSPS) is 11.6. The fraction of sp³-hybridized carbons (Fsp3) is 0.158. The average molecular weight is 352 g/mol. The summed E-state index contributed by atoms with van der Waals surface area (Å²) in [7, 11) is 0. The van der Waals surface area contributed by atoms with Crippen molar-refractivity contribution in [2.75, 3.05) is 6.61 Å². The maximum Gasteiger partial charge on any atom is 0.344 e. The number of hydrogen-bond acceptors (Lipinski definition) is 7.